The quantitative estimate of drug-likeness (QED) is 0.488. The Labute approximate surface area is 91.7 Å². The SMILES string of the molecule is C[CH-]N=Nc1ccc(N)cc1N.[W]. The van der Waals surface area contributed by atoms with E-state index in [1.165, 1.54) is 0 Å². The molecule has 1 rings (SSSR count). The minimum atomic E-state index is 0. The minimum Gasteiger partial charge on any atom is -0.399 e. The average molecular weight is 347 g/mol. The van der Waals surface area contributed by atoms with Crippen molar-refractivity contribution in [3.63, 3.8) is 0 Å². The molecule has 0 bridgehead atoms. The molecule has 1 aromatic carbocycles. The van der Waals surface area contributed by atoms with E-state index in [2.05, 4.69) is 10.2 Å². The second-order valence-electron chi connectivity index (χ2n) is 2.29. The van der Waals surface area contributed by atoms with E-state index >= 15 is 0 Å². The number of hydrogen-bond donors (Lipinski definition) is 2. The van der Waals surface area contributed by atoms with Crippen molar-refractivity contribution in [3.8, 4) is 0 Å². The third kappa shape index (κ3) is 3.47. The third-order valence-corrected chi connectivity index (χ3v) is 1.33. The van der Waals surface area contributed by atoms with E-state index in [9.17, 15) is 0 Å². The van der Waals surface area contributed by atoms with Crippen LogP contribution < -0.4 is 11.5 Å². The van der Waals surface area contributed by atoms with Crippen LogP contribution in [0.3, 0.4) is 0 Å². The van der Waals surface area contributed by atoms with Crippen LogP contribution in [0.5, 0.6) is 0 Å². The Hall–Kier alpha value is -1.02. The van der Waals surface area contributed by atoms with Gasteiger partial charge in [0.05, 0.1) is 5.69 Å². The van der Waals surface area contributed by atoms with Crippen LogP contribution in [0.2, 0.25) is 0 Å². The van der Waals surface area contributed by atoms with Gasteiger partial charge in [0, 0.05) is 26.8 Å². The van der Waals surface area contributed by atoms with Gasteiger partial charge in [-0.15, -0.1) is 0 Å². The zero-order chi connectivity index (χ0) is 8.97. The predicted molar refractivity (Wildman–Crippen MR) is 49.8 cm³/mol. The van der Waals surface area contributed by atoms with Gasteiger partial charge in [0.1, 0.15) is 5.69 Å². The average Bonchev–Trinajstić information content (AvgIpc) is 2.03. The van der Waals surface area contributed by atoms with Crippen molar-refractivity contribution in [2.75, 3.05) is 11.5 Å². The summed E-state index contributed by atoms with van der Waals surface area (Å²) in [6.45, 7) is 3.38. The van der Waals surface area contributed by atoms with Crippen LogP contribution in [-0.2, 0) is 21.1 Å². The summed E-state index contributed by atoms with van der Waals surface area (Å²) in [6.07, 6.45) is 0. The molecule has 70 valence electrons. The van der Waals surface area contributed by atoms with Crippen molar-refractivity contribution in [2.24, 2.45) is 10.2 Å². The summed E-state index contributed by atoms with van der Waals surface area (Å²) >= 11 is 0. The molecule has 4 nitrogen and oxygen atoms in total. The molecule has 1 aromatic rings. The zero-order valence-electron chi connectivity index (χ0n) is 7.27. The van der Waals surface area contributed by atoms with Crippen molar-refractivity contribution < 1.29 is 21.1 Å². The summed E-state index contributed by atoms with van der Waals surface area (Å²) in [6, 6.07) is 5.13. The number of benzene rings is 1. The molecular weight excluding hydrogens is 336 g/mol. The van der Waals surface area contributed by atoms with Gasteiger partial charge in [-0.1, -0.05) is 0 Å². The predicted octanol–water partition coefficient (Wildman–Crippen LogP) is 2.11. The molecule has 0 spiro atoms. The van der Waals surface area contributed by atoms with E-state index in [1.54, 1.807) is 31.7 Å². The van der Waals surface area contributed by atoms with Gasteiger partial charge in [-0.3, -0.25) is 6.54 Å². The molecule has 13 heavy (non-hydrogen) atoms. The molecule has 0 fully saturated rings. The molecule has 4 N–H and O–H groups in total. The molecule has 0 heterocycles. The summed E-state index contributed by atoms with van der Waals surface area (Å²) in [7, 11) is 0. The van der Waals surface area contributed by atoms with Crippen LogP contribution in [0, 0.1) is 6.54 Å². The fraction of sp³-hybridized carbons (Fsp3) is 0.125. The van der Waals surface area contributed by atoms with Crippen LogP contribution in [0.4, 0.5) is 17.1 Å². The van der Waals surface area contributed by atoms with Gasteiger partial charge in [0.2, 0.25) is 0 Å². The Morgan fingerprint density at radius 3 is 2.54 bits per heavy atom. The third-order valence-electron chi connectivity index (χ3n) is 1.33. The molecule has 0 unspecified atom stereocenters. The molecule has 0 atom stereocenters. The maximum absolute atomic E-state index is 5.61. The first-order chi connectivity index (χ1) is 5.74. The van der Waals surface area contributed by atoms with E-state index in [0.717, 1.165) is 0 Å². The molecule has 0 aliphatic carbocycles. The fourth-order valence-electron chi connectivity index (χ4n) is 0.784. The molecule has 5 heteroatoms. The summed E-state index contributed by atoms with van der Waals surface area (Å²) in [4.78, 5) is 0. The van der Waals surface area contributed by atoms with Crippen molar-refractivity contribution in [2.45, 2.75) is 6.92 Å². The molecule has 0 radical (unpaired) electrons. The normalized spacial score (nSPS) is 9.62. The summed E-state index contributed by atoms with van der Waals surface area (Å²) in [5.74, 6) is 0. The van der Waals surface area contributed by atoms with Gasteiger partial charge < -0.3 is 16.6 Å². The molecule has 0 aromatic heterocycles. The zero-order valence-corrected chi connectivity index (χ0v) is 10.2. The van der Waals surface area contributed by atoms with E-state index in [0.29, 0.717) is 17.1 Å². The second-order valence-corrected chi connectivity index (χ2v) is 2.29. The number of nitrogens with two attached hydrogens (primary N) is 2. The number of rotatable bonds is 2. The van der Waals surface area contributed by atoms with Crippen molar-refractivity contribution in [3.05, 3.63) is 24.7 Å². The standard InChI is InChI=1S/C8H11N4.W/c1-2-11-12-8-4-3-6(9)5-7(8)10;/h2-5H,9-10H2,1H3;/q-1;. The molecule has 0 aliphatic heterocycles. The number of nitrogen functional groups attached to an aromatic ring is 2. The topological polar surface area (TPSA) is 76.8 Å². The van der Waals surface area contributed by atoms with E-state index in [4.69, 9.17) is 11.5 Å². The minimum absolute atomic E-state index is 0. The second kappa shape index (κ2) is 5.59. The van der Waals surface area contributed by atoms with Gasteiger partial charge in [-0.2, -0.15) is 12.0 Å². The number of nitrogens with zero attached hydrogens (tertiary/aromatic N) is 2. The molecular formula is C8H11N4W-. The monoisotopic (exact) mass is 347 g/mol. The van der Waals surface area contributed by atoms with Crippen LogP contribution in [0.15, 0.2) is 28.4 Å². The Kier molecular flexibility index (Phi) is 5.15. The van der Waals surface area contributed by atoms with Crippen LogP contribution in [-0.4, -0.2) is 0 Å². The fourth-order valence-corrected chi connectivity index (χ4v) is 0.784. The summed E-state index contributed by atoms with van der Waals surface area (Å²) in [5.41, 5.74) is 12.9. The largest absolute Gasteiger partial charge is 0.399 e. The summed E-state index contributed by atoms with van der Waals surface area (Å²) in [5, 5.41) is 7.57. The van der Waals surface area contributed by atoms with Gasteiger partial charge in [0.25, 0.3) is 0 Å². The molecule has 0 aliphatic rings. The van der Waals surface area contributed by atoms with Crippen LogP contribution >= 0.6 is 0 Å². The summed E-state index contributed by atoms with van der Waals surface area (Å²) < 4.78 is 0. The van der Waals surface area contributed by atoms with Crippen molar-refractivity contribution in [1.82, 2.24) is 0 Å². The Balaban J connectivity index is 0.00000144. The number of hydrogen-bond acceptors (Lipinski definition) is 4. The van der Waals surface area contributed by atoms with Gasteiger partial charge in [-0.05, 0) is 18.2 Å². The van der Waals surface area contributed by atoms with Gasteiger partial charge >= 0.3 is 0 Å². The van der Waals surface area contributed by atoms with Crippen LogP contribution in [0.25, 0.3) is 0 Å². The first kappa shape index (κ1) is 12.0. The van der Waals surface area contributed by atoms with Crippen molar-refractivity contribution >= 4 is 17.1 Å². The van der Waals surface area contributed by atoms with E-state index in [1.807, 2.05) is 0 Å². The maximum atomic E-state index is 5.61. The Morgan fingerprint density at radius 2 is 2.00 bits per heavy atom. The van der Waals surface area contributed by atoms with E-state index < -0.39 is 0 Å². The van der Waals surface area contributed by atoms with E-state index in [-0.39, 0.29) is 21.1 Å². The maximum Gasteiger partial charge on any atom is 0.105 e. The van der Waals surface area contributed by atoms with Gasteiger partial charge in [-0.25, -0.2) is 0 Å². The van der Waals surface area contributed by atoms with Gasteiger partial charge in [0.15, 0.2) is 0 Å². The van der Waals surface area contributed by atoms with Crippen LogP contribution in [0.1, 0.15) is 6.92 Å². The first-order valence-electron chi connectivity index (χ1n) is 3.57. The molecule has 0 amide bonds. The van der Waals surface area contributed by atoms with Crippen molar-refractivity contribution in [1.29, 1.82) is 0 Å². The number of anilines is 2. The Bertz CT molecular complexity index is 298. The number of azo groups is 1. The molecule has 0 saturated heterocycles. The smallest absolute Gasteiger partial charge is 0.105 e. The molecule has 0 saturated carbocycles. The Morgan fingerprint density at radius 1 is 1.31 bits per heavy atom. The first-order valence-corrected chi connectivity index (χ1v) is 3.57.